The van der Waals surface area contributed by atoms with E-state index in [2.05, 4.69) is 43.2 Å². The molecular weight excluding hydrogens is 208 g/mol. The molecule has 2 nitrogen and oxygen atoms in total. The monoisotopic (exact) mass is 232 g/mol. The topological polar surface area (TPSA) is 24.9 Å². The van der Waals surface area contributed by atoms with Crippen molar-refractivity contribution in [3.05, 3.63) is 30.1 Å². The molecule has 0 aromatic carbocycles. The minimum Gasteiger partial charge on any atom is -0.306 e. The Kier molecular flexibility index (Phi) is 4.16. The molecule has 0 radical (unpaired) electrons. The molecule has 1 aromatic heterocycles. The molecule has 0 saturated heterocycles. The number of rotatable bonds is 3. The maximum absolute atomic E-state index is 4.42. The summed E-state index contributed by atoms with van der Waals surface area (Å²) in [6.07, 6.45) is 5.89. The highest BCUT2D eigenvalue weighted by Gasteiger charge is 2.26. The second-order valence-electron chi connectivity index (χ2n) is 5.64. The van der Waals surface area contributed by atoms with Crippen LogP contribution in [-0.2, 0) is 0 Å². The summed E-state index contributed by atoms with van der Waals surface area (Å²) >= 11 is 0. The second kappa shape index (κ2) is 5.63. The van der Waals surface area contributed by atoms with Gasteiger partial charge in [-0.15, -0.1) is 0 Å². The molecule has 2 rings (SSSR count). The van der Waals surface area contributed by atoms with E-state index >= 15 is 0 Å². The largest absolute Gasteiger partial charge is 0.306 e. The van der Waals surface area contributed by atoms with Gasteiger partial charge in [0.05, 0.1) is 5.69 Å². The first-order valence-electron chi connectivity index (χ1n) is 6.83. The molecule has 1 fully saturated rings. The van der Waals surface area contributed by atoms with E-state index in [-0.39, 0.29) is 0 Å². The Bertz CT molecular complexity index is 336. The van der Waals surface area contributed by atoms with Gasteiger partial charge in [-0.1, -0.05) is 19.9 Å². The Balaban J connectivity index is 1.93. The summed E-state index contributed by atoms with van der Waals surface area (Å²) < 4.78 is 0. The van der Waals surface area contributed by atoms with Crippen molar-refractivity contribution >= 4 is 0 Å². The van der Waals surface area contributed by atoms with Gasteiger partial charge in [0.25, 0.3) is 0 Å². The fourth-order valence-electron chi connectivity index (χ4n) is 2.95. The van der Waals surface area contributed by atoms with Gasteiger partial charge in [-0.3, -0.25) is 4.98 Å². The van der Waals surface area contributed by atoms with Crippen molar-refractivity contribution in [2.24, 2.45) is 11.8 Å². The van der Waals surface area contributed by atoms with E-state index in [1.54, 1.807) is 0 Å². The van der Waals surface area contributed by atoms with Gasteiger partial charge in [0, 0.05) is 18.3 Å². The molecule has 1 aliphatic carbocycles. The number of nitrogens with zero attached hydrogens (tertiary/aromatic N) is 1. The van der Waals surface area contributed by atoms with Crippen LogP contribution in [0.15, 0.2) is 24.4 Å². The van der Waals surface area contributed by atoms with E-state index in [1.807, 2.05) is 12.3 Å². The SMILES string of the molecule is CC1CCC(N[C@@H](C)c2ccccn2)C(C)C1. The van der Waals surface area contributed by atoms with Crippen molar-refractivity contribution in [1.29, 1.82) is 0 Å². The number of aromatic nitrogens is 1. The fourth-order valence-corrected chi connectivity index (χ4v) is 2.95. The molecule has 2 heteroatoms. The smallest absolute Gasteiger partial charge is 0.0570 e. The van der Waals surface area contributed by atoms with Crippen LogP contribution in [0.4, 0.5) is 0 Å². The molecule has 0 bridgehead atoms. The molecule has 1 aliphatic rings. The van der Waals surface area contributed by atoms with Crippen molar-refractivity contribution in [1.82, 2.24) is 10.3 Å². The minimum atomic E-state index is 0.358. The highest BCUT2D eigenvalue weighted by Crippen LogP contribution is 2.29. The van der Waals surface area contributed by atoms with Gasteiger partial charge < -0.3 is 5.32 Å². The van der Waals surface area contributed by atoms with Crippen LogP contribution in [0, 0.1) is 11.8 Å². The molecule has 1 aromatic rings. The predicted molar refractivity (Wildman–Crippen MR) is 71.8 cm³/mol. The second-order valence-corrected chi connectivity index (χ2v) is 5.64. The van der Waals surface area contributed by atoms with Gasteiger partial charge in [0.15, 0.2) is 0 Å². The molecule has 94 valence electrons. The highest BCUT2D eigenvalue weighted by molar-refractivity contribution is 5.08. The third kappa shape index (κ3) is 3.29. The highest BCUT2D eigenvalue weighted by atomic mass is 15.0. The van der Waals surface area contributed by atoms with E-state index < -0.39 is 0 Å². The maximum Gasteiger partial charge on any atom is 0.0570 e. The van der Waals surface area contributed by atoms with E-state index in [0.29, 0.717) is 12.1 Å². The summed E-state index contributed by atoms with van der Waals surface area (Å²) in [5.74, 6) is 1.68. The Morgan fingerprint density at radius 2 is 2.12 bits per heavy atom. The van der Waals surface area contributed by atoms with Gasteiger partial charge in [-0.05, 0) is 50.2 Å². The number of hydrogen-bond donors (Lipinski definition) is 1. The first kappa shape index (κ1) is 12.6. The van der Waals surface area contributed by atoms with Gasteiger partial charge >= 0.3 is 0 Å². The van der Waals surface area contributed by atoms with E-state index in [4.69, 9.17) is 0 Å². The first-order chi connectivity index (χ1) is 8.16. The van der Waals surface area contributed by atoms with Crippen molar-refractivity contribution in [3.63, 3.8) is 0 Å². The summed E-state index contributed by atoms with van der Waals surface area (Å²) in [6, 6.07) is 7.15. The Labute approximate surface area is 105 Å². The van der Waals surface area contributed by atoms with Crippen LogP contribution in [0.3, 0.4) is 0 Å². The summed E-state index contributed by atoms with van der Waals surface area (Å²) in [6.45, 7) is 6.96. The molecule has 1 heterocycles. The maximum atomic E-state index is 4.42. The van der Waals surface area contributed by atoms with Crippen molar-refractivity contribution in [2.75, 3.05) is 0 Å². The lowest BCUT2D eigenvalue weighted by Gasteiger charge is -2.35. The molecule has 3 unspecified atom stereocenters. The van der Waals surface area contributed by atoms with E-state index in [9.17, 15) is 0 Å². The summed E-state index contributed by atoms with van der Waals surface area (Å²) in [4.78, 5) is 4.42. The standard InChI is InChI=1S/C15H24N2/c1-11-7-8-14(12(2)10-11)17-13(3)15-6-4-5-9-16-15/h4-6,9,11-14,17H,7-8,10H2,1-3H3/t11?,12?,13-,14?/m0/s1. The third-order valence-corrected chi connectivity index (χ3v) is 4.03. The molecule has 17 heavy (non-hydrogen) atoms. The molecule has 1 N–H and O–H groups in total. The average molecular weight is 232 g/mol. The molecular formula is C15H24N2. The lowest BCUT2D eigenvalue weighted by atomic mass is 9.79. The Morgan fingerprint density at radius 3 is 2.76 bits per heavy atom. The quantitative estimate of drug-likeness (QED) is 0.862. The molecule has 4 atom stereocenters. The summed E-state index contributed by atoms with van der Waals surface area (Å²) in [7, 11) is 0. The predicted octanol–water partition coefficient (Wildman–Crippen LogP) is 3.56. The van der Waals surface area contributed by atoms with Gasteiger partial charge in [-0.2, -0.15) is 0 Å². The van der Waals surface area contributed by atoms with Crippen LogP contribution in [0.25, 0.3) is 0 Å². The third-order valence-electron chi connectivity index (χ3n) is 4.03. The molecule has 0 aliphatic heterocycles. The van der Waals surface area contributed by atoms with Crippen molar-refractivity contribution in [3.8, 4) is 0 Å². The number of pyridine rings is 1. The van der Waals surface area contributed by atoms with Gasteiger partial charge in [0.2, 0.25) is 0 Å². The van der Waals surface area contributed by atoms with Gasteiger partial charge in [0.1, 0.15) is 0 Å². The molecule has 0 spiro atoms. The van der Waals surface area contributed by atoms with Gasteiger partial charge in [-0.25, -0.2) is 0 Å². The molecule has 1 saturated carbocycles. The number of hydrogen-bond acceptors (Lipinski definition) is 2. The fraction of sp³-hybridized carbons (Fsp3) is 0.667. The van der Waals surface area contributed by atoms with Crippen LogP contribution in [0.5, 0.6) is 0 Å². The normalized spacial score (nSPS) is 31.1. The lowest BCUT2D eigenvalue weighted by Crippen LogP contribution is -2.40. The summed E-state index contributed by atoms with van der Waals surface area (Å²) in [5, 5.41) is 3.74. The van der Waals surface area contributed by atoms with Crippen molar-refractivity contribution < 1.29 is 0 Å². The number of nitrogens with one attached hydrogen (secondary N) is 1. The van der Waals surface area contributed by atoms with Crippen LogP contribution in [0.2, 0.25) is 0 Å². The van der Waals surface area contributed by atoms with Crippen LogP contribution < -0.4 is 5.32 Å². The zero-order chi connectivity index (χ0) is 12.3. The Morgan fingerprint density at radius 1 is 1.29 bits per heavy atom. The zero-order valence-electron chi connectivity index (χ0n) is 11.2. The van der Waals surface area contributed by atoms with Crippen LogP contribution in [-0.4, -0.2) is 11.0 Å². The Hall–Kier alpha value is -0.890. The van der Waals surface area contributed by atoms with E-state index in [0.717, 1.165) is 17.5 Å². The van der Waals surface area contributed by atoms with Crippen LogP contribution >= 0.6 is 0 Å². The first-order valence-corrected chi connectivity index (χ1v) is 6.83. The lowest BCUT2D eigenvalue weighted by molar-refractivity contribution is 0.215. The summed E-state index contributed by atoms with van der Waals surface area (Å²) in [5.41, 5.74) is 1.15. The van der Waals surface area contributed by atoms with Crippen LogP contribution in [0.1, 0.15) is 51.8 Å². The van der Waals surface area contributed by atoms with Crippen molar-refractivity contribution in [2.45, 2.75) is 52.1 Å². The molecule has 0 amide bonds. The zero-order valence-corrected chi connectivity index (χ0v) is 11.2. The minimum absolute atomic E-state index is 0.358. The average Bonchev–Trinajstić information content (AvgIpc) is 2.34. The van der Waals surface area contributed by atoms with E-state index in [1.165, 1.54) is 19.3 Å².